The predicted molar refractivity (Wildman–Crippen MR) is 112 cm³/mol. The van der Waals surface area contributed by atoms with Gasteiger partial charge in [-0.3, -0.25) is 4.79 Å². The molecule has 1 amide bonds. The van der Waals surface area contributed by atoms with Crippen molar-refractivity contribution in [1.29, 1.82) is 0 Å². The summed E-state index contributed by atoms with van der Waals surface area (Å²) < 4.78 is 0. The lowest BCUT2D eigenvalue weighted by Gasteiger charge is -2.40. The van der Waals surface area contributed by atoms with E-state index in [1.165, 1.54) is 24.8 Å². The van der Waals surface area contributed by atoms with E-state index in [1.54, 1.807) is 0 Å². The second-order valence-corrected chi connectivity index (χ2v) is 8.55. The molecule has 0 bridgehead atoms. The number of carbonyl (C=O) groups excluding carboxylic acids is 1. The van der Waals surface area contributed by atoms with Crippen molar-refractivity contribution < 1.29 is 9.90 Å². The Hall–Kier alpha value is -1.99. The summed E-state index contributed by atoms with van der Waals surface area (Å²) in [7, 11) is 0. The van der Waals surface area contributed by atoms with Gasteiger partial charge in [0.25, 0.3) is 0 Å². The molecule has 1 aliphatic carbocycles. The Labute approximate surface area is 168 Å². The van der Waals surface area contributed by atoms with Crippen LogP contribution >= 0.6 is 0 Å². The second kappa shape index (κ2) is 8.57. The van der Waals surface area contributed by atoms with Crippen LogP contribution < -0.4 is 5.32 Å². The minimum atomic E-state index is 0.0127. The number of unbranched alkanes of at least 4 members (excludes halogenated alkanes) is 1. The topological polar surface area (TPSA) is 52.6 Å². The third kappa shape index (κ3) is 3.65. The minimum absolute atomic E-state index is 0.0127. The number of anilines is 1. The summed E-state index contributed by atoms with van der Waals surface area (Å²) >= 11 is 0. The summed E-state index contributed by atoms with van der Waals surface area (Å²) in [6.45, 7) is 3.04. The lowest BCUT2D eigenvalue weighted by Crippen LogP contribution is -2.44. The van der Waals surface area contributed by atoms with Gasteiger partial charge < -0.3 is 15.3 Å². The van der Waals surface area contributed by atoms with E-state index in [0.29, 0.717) is 5.91 Å². The number of aliphatic hydroxyl groups excluding tert-OH is 1. The Bertz CT molecular complexity index is 773. The highest BCUT2D eigenvalue weighted by Gasteiger charge is 2.46. The van der Waals surface area contributed by atoms with Crippen molar-refractivity contribution in [2.24, 2.45) is 11.8 Å². The number of rotatable bonds is 3. The van der Waals surface area contributed by atoms with Crippen molar-refractivity contribution in [2.75, 3.05) is 18.5 Å². The average Bonchev–Trinajstić information content (AvgIpc) is 3.19. The fourth-order valence-corrected chi connectivity index (χ4v) is 5.26. The van der Waals surface area contributed by atoms with Crippen molar-refractivity contribution in [1.82, 2.24) is 4.90 Å². The highest BCUT2D eigenvalue weighted by Crippen LogP contribution is 2.47. The van der Waals surface area contributed by atoms with Gasteiger partial charge in [0.05, 0.1) is 18.7 Å². The van der Waals surface area contributed by atoms with Gasteiger partial charge in [0.2, 0.25) is 5.91 Å². The van der Waals surface area contributed by atoms with Crippen LogP contribution in [0.4, 0.5) is 5.69 Å². The Morgan fingerprint density at radius 3 is 2.82 bits per heavy atom. The smallest absolute Gasteiger partial charge is 0.226 e. The van der Waals surface area contributed by atoms with Crippen LogP contribution in [-0.2, 0) is 4.79 Å². The van der Waals surface area contributed by atoms with E-state index in [-0.39, 0.29) is 30.5 Å². The van der Waals surface area contributed by atoms with E-state index in [4.69, 9.17) is 0 Å². The Morgan fingerprint density at radius 2 is 2.07 bits per heavy atom. The maximum Gasteiger partial charge on any atom is 0.226 e. The molecular weight excluding hydrogens is 348 g/mol. The average molecular weight is 381 g/mol. The summed E-state index contributed by atoms with van der Waals surface area (Å²) in [4.78, 5) is 15.5. The van der Waals surface area contributed by atoms with E-state index < -0.39 is 0 Å². The summed E-state index contributed by atoms with van der Waals surface area (Å²) in [6.07, 6.45) is 8.58. The van der Waals surface area contributed by atoms with Gasteiger partial charge in [-0.1, -0.05) is 38.0 Å². The van der Waals surface area contributed by atoms with Crippen LogP contribution in [0.3, 0.4) is 0 Å². The number of aliphatic hydroxyl groups is 1. The number of amides is 1. The highest BCUT2D eigenvalue weighted by molar-refractivity contribution is 5.80. The van der Waals surface area contributed by atoms with Crippen LogP contribution in [0.15, 0.2) is 18.2 Å². The molecule has 2 heterocycles. The molecule has 0 aromatic heterocycles. The second-order valence-electron chi connectivity index (χ2n) is 8.55. The van der Waals surface area contributed by atoms with E-state index in [0.717, 1.165) is 49.9 Å². The fourth-order valence-electron chi connectivity index (χ4n) is 5.26. The molecule has 0 spiro atoms. The van der Waals surface area contributed by atoms with Crippen LogP contribution in [0.1, 0.15) is 75.5 Å². The summed E-state index contributed by atoms with van der Waals surface area (Å²) in [6, 6.07) is 6.37. The highest BCUT2D eigenvalue weighted by atomic mass is 16.3. The summed E-state index contributed by atoms with van der Waals surface area (Å²) in [5.74, 6) is 7.30. The van der Waals surface area contributed by atoms with E-state index in [2.05, 4.69) is 41.1 Å². The number of hydrogen-bond acceptors (Lipinski definition) is 3. The first-order valence-corrected chi connectivity index (χ1v) is 11.0. The van der Waals surface area contributed by atoms with Crippen molar-refractivity contribution in [3.63, 3.8) is 0 Å². The van der Waals surface area contributed by atoms with Gasteiger partial charge in [0.15, 0.2) is 0 Å². The van der Waals surface area contributed by atoms with Crippen LogP contribution in [0, 0.1) is 23.7 Å². The minimum Gasteiger partial charge on any atom is -0.394 e. The van der Waals surface area contributed by atoms with E-state index >= 15 is 0 Å². The maximum absolute atomic E-state index is 13.4. The number of nitrogens with one attached hydrogen (secondary N) is 1. The van der Waals surface area contributed by atoms with Crippen LogP contribution in [-0.4, -0.2) is 35.1 Å². The number of benzene rings is 1. The predicted octanol–water partition coefficient (Wildman–Crippen LogP) is 4.09. The molecule has 0 radical (unpaired) electrons. The zero-order valence-electron chi connectivity index (χ0n) is 16.9. The molecule has 4 heteroatoms. The first-order valence-electron chi connectivity index (χ1n) is 11.0. The van der Waals surface area contributed by atoms with E-state index in [1.807, 2.05) is 6.07 Å². The normalized spacial score (nSPS) is 26.6. The van der Waals surface area contributed by atoms with Crippen molar-refractivity contribution in [3.8, 4) is 11.8 Å². The van der Waals surface area contributed by atoms with Gasteiger partial charge in [-0.15, -0.1) is 0 Å². The fraction of sp³-hybridized carbons (Fsp3) is 0.625. The molecule has 150 valence electrons. The molecular formula is C24H32N2O2. The van der Waals surface area contributed by atoms with Crippen molar-refractivity contribution in [2.45, 2.75) is 70.4 Å². The third-order valence-electron chi connectivity index (χ3n) is 6.71. The van der Waals surface area contributed by atoms with Crippen molar-refractivity contribution >= 4 is 11.6 Å². The Balaban J connectivity index is 1.66. The van der Waals surface area contributed by atoms with Gasteiger partial charge >= 0.3 is 0 Å². The Kier molecular flexibility index (Phi) is 5.92. The van der Waals surface area contributed by atoms with Gasteiger partial charge in [-0.2, -0.15) is 0 Å². The lowest BCUT2D eigenvalue weighted by atomic mass is 9.82. The zero-order chi connectivity index (χ0) is 19.5. The number of carbonyl (C=O) groups is 1. The van der Waals surface area contributed by atoms with Gasteiger partial charge in [-0.05, 0) is 49.4 Å². The molecule has 1 saturated heterocycles. The van der Waals surface area contributed by atoms with Crippen LogP contribution in [0.2, 0.25) is 0 Å². The first kappa shape index (κ1) is 19.3. The van der Waals surface area contributed by atoms with Gasteiger partial charge in [-0.25, -0.2) is 0 Å². The molecule has 3 aliphatic rings. The standard InChI is InChI=1S/C24H32N2O2/c1-2-3-5-8-17-11-12-21-20(15-17)23-19(22(16-27)25-21)13-14-26(23)24(28)18-9-6-4-7-10-18/h11-12,15,18-19,22-23,25,27H,2-4,6-7,9-10,13-14,16H2,1H3/t19-,22+,23-/m0/s1. The van der Waals surface area contributed by atoms with Crippen LogP contribution in [0.5, 0.6) is 0 Å². The molecule has 4 rings (SSSR count). The largest absolute Gasteiger partial charge is 0.394 e. The monoisotopic (exact) mass is 380 g/mol. The quantitative estimate of drug-likeness (QED) is 0.777. The van der Waals surface area contributed by atoms with Gasteiger partial charge in [0, 0.05) is 36.1 Å². The summed E-state index contributed by atoms with van der Waals surface area (Å²) in [5.41, 5.74) is 3.25. The molecule has 2 fully saturated rings. The molecule has 2 N–H and O–H groups in total. The number of likely N-dealkylation sites (tertiary alicyclic amines) is 1. The SMILES string of the molecule is CCCC#Cc1ccc2c(c1)[C@@H]1[C@@H](CCN1C(=O)C1CCCCC1)[C@@H](CO)N2. The molecule has 0 unspecified atom stereocenters. The molecule has 3 atom stereocenters. The van der Waals surface area contributed by atoms with E-state index in [9.17, 15) is 9.90 Å². The molecule has 28 heavy (non-hydrogen) atoms. The third-order valence-corrected chi connectivity index (χ3v) is 6.71. The first-order chi connectivity index (χ1) is 13.7. The summed E-state index contributed by atoms with van der Waals surface area (Å²) in [5, 5.41) is 13.5. The molecule has 1 aromatic carbocycles. The number of fused-ring (bicyclic) bond motifs is 3. The molecule has 4 nitrogen and oxygen atoms in total. The molecule has 1 saturated carbocycles. The lowest BCUT2D eigenvalue weighted by molar-refractivity contribution is -0.138. The zero-order valence-corrected chi connectivity index (χ0v) is 16.9. The molecule has 1 aromatic rings. The van der Waals surface area contributed by atoms with Crippen molar-refractivity contribution in [3.05, 3.63) is 29.3 Å². The maximum atomic E-state index is 13.4. The number of nitrogens with zero attached hydrogens (tertiary/aromatic N) is 1. The van der Waals surface area contributed by atoms with Gasteiger partial charge in [0.1, 0.15) is 0 Å². The Morgan fingerprint density at radius 1 is 1.25 bits per heavy atom. The molecule has 2 aliphatic heterocycles. The number of hydrogen-bond donors (Lipinski definition) is 2. The van der Waals surface area contributed by atoms with Crippen LogP contribution in [0.25, 0.3) is 0 Å².